The standard InChI is InChI=1S/C16H16N2O2/c1-12-14(19)18-16(12,2)10-6-7-11-17(18)15(20)13-8-4-3-5-9-13/h3-12H,1-2H3. The van der Waals surface area contributed by atoms with Crippen molar-refractivity contribution in [3.8, 4) is 0 Å². The van der Waals surface area contributed by atoms with E-state index in [0.717, 1.165) is 0 Å². The van der Waals surface area contributed by atoms with Gasteiger partial charge in [-0.3, -0.25) is 9.59 Å². The largest absolute Gasteiger partial charge is 0.276 e. The summed E-state index contributed by atoms with van der Waals surface area (Å²) in [6.45, 7) is 3.85. The lowest BCUT2D eigenvalue weighted by molar-refractivity contribution is -0.185. The molecule has 0 bridgehead atoms. The highest BCUT2D eigenvalue weighted by atomic mass is 16.2. The van der Waals surface area contributed by atoms with Crippen LogP contribution in [-0.4, -0.2) is 27.4 Å². The maximum atomic E-state index is 12.6. The molecule has 102 valence electrons. The van der Waals surface area contributed by atoms with Gasteiger partial charge in [0.15, 0.2) is 0 Å². The molecule has 2 heterocycles. The summed E-state index contributed by atoms with van der Waals surface area (Å²) in [5.74, 6) is -0.352. The first-order valence-electron chi connectivity index (χ1n) is 6.64. The highest BCUT2D eigenvalue weighted by molar-refractivity contribution is 5.98. The van der Waals surface area contributed by atoms with Crippen molar-refractivity contribution in [2.45, 2.75) is 19.4 Å². The molecule has 1 fully saturated rings. The number of amides is 2. The van der Waals surface area contributed by atoms with Gasteiger partial charge >= 0.3 is 0 Å². The summed E-state index contributed by atoms with van der Waals surface area (Å²) in [6.07, 6.45) is 7.27. The number of rotatable bonds is 1. The second kappa shape index (κ2) is 4.34. The second-order valence-electron chi connectivity index (χ2n) is 5.31. The predicted octanol–water partition coefficient (Wildman–Crippen LogP) is 2.36. The number of allylic oxidation sites excluding steroid dienone is 2. The molecule has 1 aromatic rings. The van der Waals surface area contributed by atoms with Crippen LogP contribution in [0.4, 0.5) is 0 Å². The number of carbonyl (C=O) groups is 2. The minimum atomic E-state index is -0.439. The lowest BCUT2D eigenvalue weighted by Crippen LogP contribution is -2.72. The SMILES string of the molecule is CC1C(=O)N2N(C(=O)c3ccccc3)C=CC=CC12C. The van der Waals surface area contributed by atoms with Gasteiger partial charge in [0.05, 0.1) is 11.5 Å². The molecule has 20 heavy (non-hydrogen) atoms. The van der Waals surface area contributed by atoms with Crippen molar-refractivity contribution in [3.05, 3.63) is 60.3 Å². The zero-order chi connectivity index (χ0) is 14.3. The number of benzene rings is 1. The molecule has 0 spiro atoms. The van der Waals surface area contributed by atoms with Crippen molar-refractivity contribution in [2.75, 3.05) is 0 Å². The highest BCUT2D eigenvalue weighted by Gasteiger charge is 2.56. The van der Waals surface area contributed by atoms with Crippen LogP contribution in [0.2, 0.25) is 0 Å². The molecule has 0 radical (unpaired) electrons. The fourth-order valence-corrected chi connectivity index (χ4v) is 2.66. The summed E-state index contributed by atoms with van der Waals surface area (Å²) in [5.41, 5.74) is 0.124. The number of β-lactam (4-membered cyclic amide) rings is 1. The minimum absolute atomic E-state index is 0.0343. The van der Waals surface area contributed by atoms with Gasteiger partial charge in [-0.1, -0.05) is 37.3 Å². The Bertz CT molecular complexity index is 621. The van der Waals surface area contributed by atoms with E-state index in [1.807, 2.05) is 44.2 Å². The molecule has 3 rings (SSSR count). The lowest BCUT2D eigenvalue weighted by atomic mass is 9.77. The molecule has 2 aliphatic heterocycles. The van der Waals surface area contributed by atoms with E-state index in [0.29, 0.717) is 5.56 Å². The number of hydrazine groups is 1. The van der Waals surface area contributed by atoms with E-state index in [4.69, 9.17) is 0 Å². The Morgan fingerprint density at radius 1 is 1.20 bits per heavy atom. The van der Waals surface area contributed by atoms with Gasteiger partial charge in [-0.15, -0.1) is 0 Å². The smallest absolute Gasteiger partial charge is 0.273 e. The van der Waals surface area contributed by atoms with E-state index in [9.17, 15) is 9.59 Å². The number of hydrogen-bond donors (Lipinski definition) is 0. The van der Waals surface area contributed by atoms with E-state index in [1.54, 1.807) is 24.4 Å². The number of fused-ring (bicyclic) bond motifs is 1. The monoisotopic (exact) mass is 268 g/mol. The molecule has 0 aliphatic carbocycles. The summed E-state index contributed by atoms with van der Waals surface area (Å²) in [5, 5.41) is 2.95. The van der Waals surface area contributed by atoms with Gasteiger partial charge in [-0.2, -0.15) is 0 Å². The van der Waals surface area contributed by atoms with Gasteiger partial charge in [0.25, 0.3) is 5.91 Å². The molecule has 1 saturated heterocycles. The molecule has 0 saturated carbocycles. The van der Waals surface area contributed by atoms with E-state index >= 15 is 0 Å². The third-order valence-corrected chi connectivity index (χ3v) is 4.13. The molecule has 2 aliphatic rings. The van der Waals surface area contributed by atoms with Crippen LogP contribution in [0.1, 0.15) is 24.2 Å². The van der Waals surface area contributed by atoms with Gasteiger partial charge in [0.1, 0.15) is 0 Å². The van der Waals surface area contributed by atoms with Crippen LogP contribution in [0.3, 0.4) is 0 Å². The summed E-state index contributed by atoms with van der Waals surface area (Å²) >= 11 is 0. The van der Waals surface area contributed by atoms with Crippen LogP contribution < -0.4 is 0 Å². The average molecular weight is 268 g/mol. The topological polar surface area (TPSA) is 40.6 Å². The average Bonchev–Trinajstić information content (AvgIpc) is 2.64. The van der Waals surface area contributed by atoms with Gasteiger partial charge < -0.3 is 0 Å². The van der Waals surface area contributed by atoms with E-state index in [1.165, 1.54) is 10.0 Å². The number of carbonyl (C=O) groups excluding carboxylic acids is 2. The van der Waals surface area contributed by atoms with E-state index in [2.05, 4.69) is 0 Å². The Morgan fingerprint density at radius 2 is 1.90 bits per heavy atom. The summed E-state index contributed by atoms with van der Waals surface area (Å²) in [6, 6.07) is 8.98. The molecule has 2 amide bonds. The normalized spacial score (nSPS) is 27.9. The zero-order valence-corrected chi connectivity index (χ0v) is 11.5. The summed E-state index contributed by atoms with van der Waals surface area (Å²) < 4.78 is 0. The quantitative estimate of drug-likeness (QED) is 0.734. The second-order valence-corrected chi connectivity index (χ2v) is 5.31. The highest BCUT2D eigenvalue weighted by Crippen LogP contribution is 2.41. The number of hydrogen-bond acceptors (Lipinski definition) is 2. The molecule has 4 heteroatoms. The fourth-order valence-electron chi connectivity index (χ4n) is 2.66. The van der Waals surface area contributed by atoms with Crippen molar-refractivity contribution in [1.82, 2.24) is 10.0 Å². The Hall–Kier alpha value is -2.36. The maximum absolute atomic E-state index is 12.6. The van der Waals surface area contributed by atoms with E-state index in [-0.39, 0.29) is 17.7 Å². The fraction of sp³-hybridized carbons (Fsp3) is 0.250. The Kier molecular flexibility index (Phi) is 2.74. The van der Waals surface area contributed by atoms with Gasteiger partial charge in [-0.05, 0) is 25.1 Å². The molecule has 0 N–H and O–H groups in total. The molecule has 2 atom stereocenters. The third kappa shape index (κ3) is 1.61. The van der Waals surface area contributed by atoms with Crippen molar-refractivity contribution in [3.63, 3.8) is 0 Å². The molecule has 2 unspecified atom stereocenters. The minimum Gasteiger partial charge on any atom is -0.273 e. The summed E-state index contributed by atoms with van der Waals surface area (Å²) in [4.78, 5) is 24.8. The van der Waals surface area contributed by atoms with Crippen LogP contribution >= 0.6 is 0 Å². The van der Waals surface area contributed by atoms with Crippen LogP contribution in [0.25, 0.3) is 0 Å². The van der Waals surface area contributed by atoms with Crippen LogP contribution in [0.5, 0.6) is 0 Å². The van der Waals surface area contributed by atoms with Gasteiger partial charge in [0.2, 0.25) is 5.91 Å². The number of nitrogens with zero attached hydrogens (tertiary/aromatic N) is 2. The Balaban J connectivity index is 1.98. The van der Waals surface area contributed by atoms with E-state index < -0.39 is 5.54 Å². The third-order valence-electron chi connectivity index (χ3n) is 4.13. The first kappa shape index (κ1) is 12.7. The van der Waals surface area contributed by atoms with Crippen molar-refractivity contribution >= 4 is 11.8 Å². The Labute approximate surface area is 118 Å². The van der Waals surface area contributed by atoms with Crippen LogP contribution in [0, 0.1) is 5.92 Å². The summed E-state index contributed by atoms with van der Waals surface area (Å²) in [7, 11) is 0. The van der Waals surface area contributed by atoms with Gasteiger partial charge in [0, 0.05) is 11.8 Å². The molecular formula is C16H16N2O2. The first-order valence-corrected chi connectivity index (χ1v) is 6.64. The molecule has 1 aromatic carbocycles. The van der Waals surface area contributed by atoms with Crippen LogP contribution in [0.15, 0.2) is 54.8 Å². The van der Waals surface area contributed by atoms with Crippen molar-refractivity contribution in [2.24, 2.45) is 5.92 Å². The maximum Gasteiger partial charge on any atom is 0.276 e. The lowest BCUT2D eigenvalue weighted by Gasteiger charge is -2.55. The molecular weight excluding hydrogens is 252 g/mol. The molecule has 4 nitrogen and oxygen atoms in total. The predicted molar refractivity (Wildman–Crippen MR) is 75.3 cm³/mol. The van der Waals surface area contributed by atoms with Crippen LogP contribution in [-0.2, 0) is 4.79 Å². The van der Waals surface area contributed by atoms with Gasteiger partial charge in [-0.25, -0.2) is 10.0 Å². The van der Waals surface area contributed by atoms with Crippen molar-refractivity contribution < 1.29 is 9.59 Å². The molecule has 0 aromatic heterocycles. The first-order chi connectivity index (χ1) is 9.55. The zero-order valence-electron chi connectivity index (χ0n) is 11.5. The van der Waals surface area contributed by atoms with Crippen molar-refractivity contribution in [1.29, 1.82) is 0 Å². The Morgan fingerprint density at radius 3 is 2.60 bits per heavy atom.